The van der Waals surface area contributed by atoms with Crippen LogP contribution in [0, 0.1) is 17.8 Å². The van der Waals surface area contributed by atoms with Gasteiger partial charge in [-0.25, -0.2) is 17.9 Å². The summed E-state index contributed by atoms with van der Waals surface area (Å²) < 4.78 is 25.2. The Bertz CT molecular complexity index is 508. The molecule has 2 N–H and O–H groups in total. The average molecular weight is 329 g/mol. The molecule has 4 fully saturated rings. The Hall–Kier alpha value is -0.820. The van der Waals surface area contributed by atoms with E-state index in [4.69, 9.17) is 0 Å². The van der Waals surface area contributed by atoms with E-state index in [0.29, 0.717) is 18.5 Å². The zero-order chi connectivity index (χ0) is 15.7. The number of fused-ring (bicyclic) bond motifs is 1. The zero-order valence-corrected chi connectivity index (χ0v) is 14.1. The van der Waals surface area contributed by atoms with Crippen LogP contribution in [0.4, 0.5) is 4.79 Å². The zero-order valence-electron chi connectivity index (χ0n) is 13.3. The normalized spacial score (nSPS) is 33.8. The van der Waals surface area contributed by atoms with E-state index in [1.807, 2.05) is 4.90 Å². The van der Waals surface area contributed by atoms with E-state index in [1.54, 1.807) is 6.92 Å². The summed E-state index contributed by atoms with van der Waals surface area (Å²) >= 11 is 0. The predicted molar refractivity (Wildman–Crippen MR) is 84.9 cm³/mol. The summed E-state index contributed by atoms with van der Waals surface area (Å²) in [5.41, 5.74) is 0. The van der Waals surface area contributed by atoms with Crippen molar-refractivity contribution in [3.05, 3.63) is 0 Å². The van der Waals surface area contributed by atoms with Gasteiger partial charge in [-0.3, -0.25) is 0 Å². The molecule has 0 aromatic heterocycles. The van der Waals surface area contributed by atoms with Crippen molar-refractivity contribution in [2.45, 2.75) is 45.1 Å². The molecular formula is C15H27N3O3S. The van der Waals surface area contributed by atoms with Crippen molar-refractivity contribution in [3.8, 4) is 0 Å². The summed E-state index contributed by atoms with van der Waals surface area (Å²) in [4.78, 5) is 14.5. The molecule has 2 unspecified atom stereocenters. The van der Waals surface area contributed by atoms with Gasteiger partial charge < -0.3 is 10.2 Å². The first-order chi connectivity index (χ1) is 10.5. The van der Waals surface area contributed by atoms with Crippen LogP contribution in [0.25, 0.3) is 0 Å². The molecule has 0 spiro atoms. The molecule has 2 aliphatic carbocycles. The van der Waals surface area contributed by atoms with Crippen molar-refractivity contribution in [2.24, 2.45) is 17.8 Å². The second-order valence-corrected chi connectivity index (χ2v) is 9.21. The smallest absolute Gasteiger partial charge is 0.317 e. The first-order valence-electron chi connectivity index (χ1n) is 8.48. The van der Waals surface area contributed by atoms with Crippen LogP contribution in [0.15, 0.2) is 0 Å². The molecule has 2 saturated heterocycles. The molecule has 2 heterocycles. The van der Waals surface area contributed by atoms with E-state index in [2.05, 4.69) is 10.0 Å². The Morgan fingerprint density at radius 2 is 1.68 bits per heavy atom. The summed E-state index contributed by atoms with van der Waals surface area (Å²) in [6.07, 6.45) is 6.24. The van der Waals surface area contributed by atoms with E-state index in [-0.39, 0.29) is 18.3 Å². The van der Waals surface area contributed by atoms with Crippen molar-refractivity contribution in [2.75, 3.05) is 25.4 Å². The Labute approximate surface area is 133 Å². The Morgan fingerprint density at radius 1 is 1.05 bits per heavy atom. The van der Waals surface area contributed by atoms with E-state index >= 15 is 0 Å². The maximum absolute atomic E-state index is 12.4. The van der Waals surface area contributed by atoms with Crippen LogP contribution in [0.1, 0.15) is 39.0 Å². The minimum absolute atomic E-state index is 0.0195. The number of sulfonamides is 1. The molecule has 2 aliphatic heterocycles. The third kappa shape index (κ3) is 3.56. The molecule has 0 aromatic rings. The molecule has 2 atom stereocenters. The van der Waals surface area contributed by atoms with E-state index < -0.39 is 10.0 Å². The highest BCUT2D eigenvalue weighted by Crippen LogP contribution is 2.47. The molecule has 6 nitrogen and oxygen atoms in total. The molecule has 0 aromatic carbocycles. The van der Waals surface area contributed by atoms with Crippen molar-refractivity contribution in [3.63, 3.8) is 0 Å². The molecule has 126 valence electrons. The topological polar surface area (TPSA) is 78.5 Å². The largest absolute Gasteiger partial charge is 0.337 e. The quantitative estimate of drug-likeness (QED) is 0.743. The highest BCUT2D eigenvalue weighted by molar-refractivity contribution is 7.89. The highest BCUT2D eigenvalue weighted by atomic mass is 32.2. The fraction of sp³-hybridized carbons (Fsp3) is 0.933. The molecule has 0 radical (unpaired) electrons. The van der Waals surface area contributed by atoms with Gasteiger partial charge in [0, 0.05) is 25.7 Å². The number of hydrogen-bond donors (Lipinski definition) is 2. The Kier molecular flexibility index (Phi) is 4.64. The minimum atomic E-state index is -3.18. The molecular weight excluding hydrogens is 302 g/mol. The van der Waals surface area contributed by atoms with Crippen LogP contribution >= 0.6 is 0 Å². The molecule has 2 amide bonds. The number of rotatable bonds is 5. The fourth-order valence-electron chi connectivity index (χ4n) is 4.61. The lowest BCUT2D eigenvalue weighted by atomic mass is 9.68. The van der Waals surface area contributed by atoms with Crippen LogP contribution in [0.5, 0.6) is 0 Å². The first kappa shape index (κ1) is 16.1. The SMILES string of the molecule is CCS(=O)(=O)NCCNC(=O)N1CC2CC3CC(C2)CC1C3. The van der Waals surface area contributed by atoms with Gasteiger partial charge in [-0.1, -0.05) is 0 Å². The van der Waals surface area contributed by atoms with Crippen LogP contribution in [-0.2, 0) is 10.0 Å². The number of hydrogen-bond acceptors (Lipinski definition) is 3. The van der Waals surface area contributed by atoms with Gasteiger partial charge in [-0.05, 0) is 56.8 Å². The number of carbonyl (C=O) groups is 1. The number of nitrogens with zero attached hydrogens (tertiary/aromatic N) is 1. The van der Waals surface area contributed by atoms with Crippen molar-refractivity contribution in [1.82, 2.24) is 14.9 Å². The van der Waals surface area contributed by atoms with Gasteiger partial charge in [0.05, 0.1) is 5.75 Å². The van der Waals surface area contributed by atoms with Crippen molar-refractivity contribution < 1.29 is 13.2 Å². The third-order valence-electron chi connectivity index (χ3n) is 5.47. The van der Waals surface area contributed by atoms with Gasteiger partial charge in [0.2, 0.25) is 10.0 Å². The van der Waals surface area contributed by atoms with E-state index in [0.717, 1.165) is 31.2 Å². The lowest BCUT2D eigenvalue weighted by Crippen LogP contribution is -2.48. The molecule has 4 bridgehead atoms. The number of carbonyl (C=O) groups excluding carboxylic acids is 1. The standard InChI is InChI=1S/C15H27N3O3S/c1-2-22(20,21)17-4-3-16-15(19)18-10-13-6-11-5-12(7-13)9-14(18)8-11/h11-14,17H,2-10H2,1H3,(H,16,19). The number of urea groups is 1. The fourth-order valence-corrected chi connectivity index (χ4v) is 5.23. The average Bonchev–Trinajstić information content (AvgIpc) is 2.67. The lowest BCUT2D eigenvalue weighted by molar-refractivity contribution is 0.132. The predicted octanol–water partition coefficient (Wildman–Crippen LogP) is 1.15. The van der Waals surface area contributed by atoms with E-state index in [9.17, 15) is 13.2 Å². The maximum atomic E-state index is 12.4. The summed E-state index contributed by atoms with van der Waals surface area (Å²) in [6, 6.07) is 0.373. The molecule has 22 heavy (non-hydrogen) atoms. The molecule has 4 aliphatic rings. The van der Waals surface area contributed by atoms with E-state index in [1.165, 1.54) is 19.3 Å². The molecule has 2 saturated carbocycles. The summed E-state index contributed by atoms with van der Waals surface area (Å²) in [6.45, 7) is 3.09. The summed E-state index contributed by atoms with van der Waals surface area (Å²) in [5.74, 6) is 2.37. The van der Waals surface area contributed by atoms with Gasteiger partial charge in [0.15, 0.2) is 0 Å². The van der Waals surface area contributed by atoms with Gasteiger partial charge in [0.25, 0.3) is 0 Å². The second-order valence-electron chi connectivity index (χ2n) is 7.11. The van der Waals surface area contributed by atoms with Gasteiger partial charge in [0.1, 0.15) is 0 Å². The van der Waals surface area contributed by atoms with Gasteiger partial charge in [-0.2, -0.15) is 0 Å². The molecule has 7 heteroatoms. The maximum Gasteiger partial charge on any atom is 0.317 e. The summed E-state index contributed by atoms with van der Waals surface area (Å²) in [7, 11) is -3.18. The number of amides is 2. The van der Waals surface area contributed by atoms with Crippen LogP contribution in [-0.4, -0.2) is 50.8 Å². The van der Waals surface area contributed by atoms with Crippen LogP contribution in [0.3, 0.4) is 0 Å². The van der Waals surface area contributed by atoms with Crippen molar-refractivity contribution in [1.29, 1.82) is 0 Å². The Balaban J connectivity index is 1.50. The molecule has 4 rings (SSSR count). The lowest BCUT2D eigenvalue weighted by Gasteiger charge is -2.38. The highest BCUT2D eigenvalue weighted by Gasteiger charge is 2.43. The van der Waals surface area contributed by atoms with Crippen molar-refractivity contribution >= 4 is 16.1 Å². The van der Waals surface area contributed by atoms with Crippen LogP contribution in [0.2, 0.25) is 0 Å². The van der Waals surface area contributed by atoms with Gasteiger partial charge >= 0.3 is 6.03 Å². The summed E-state index contributed by atoms with van der Waals surface area (Å²) in [5, 5.41) is 2.88. The Morgan fingerprint density at radius 3 is 2.32 bits per heavy atom. The first-order valence-corrected chi connectivity index (χ1v) is 10.1. The minimum Gasteiger partial charge on any atom is -0.337 e. The van der Waals surface area contributed by atoms with Crippen LogP contribution < -0.4 is 10.0 Å². The van der Waals surface area contributed by atoms with Gasteiger partial charge in [-0.15, -0.1) is 0 Å². The monoisotopic (exact) mass is 329 g/mol. The third-order valence-corrected chi connectivity index (χ3v) is 6.87. The second kappa shape index (κ2) is 6.35. The number of nitrogens with one attached hydrogen (secondary N) is 2.